The van der Waals surface area contributed by atoms with E-state index in [4.69, 9.17) is 0 Å². The van der Waals surface area contributed by atoms with E-state index in [1.54, 1.807) is 4.90 Å². The summed E-state index contributed by atoms with van der Waals surface area (Å²) in [5.41, 5.74) is -0.147. The Morgan fingerprint density at radius 3 is 2.63 bits per heavy atom. The van der Waals surface area contributed by atoms with E-state index in [0.29, 0.717) is 13.1 Å². The molecule has 1 aliphatic rings. The molecule has 0 aromatic heterocycles. The van der Waals surface area contributed by atoms with Crippen molar-refractivity contribution < 1.29 is 13.6 Å². The first kappa shape index (κ1) is 13.9. The summed E-state index contributed by atoms with van der Waals surface area (Å²) in [6, 6.07) is 3.89. The van der Waals surface area contributed by atoms with Crippen molar-refractivity contribution in [1.29, 1.82) is 0 Å². The van der Waals surface area contributed by atoms with Crippen LogP contribution < -0.4 is 5.32 Å². The zero-order valence-corrected chi connectivity index (χ0v) is 11.1. The lowest BCUT2D eigenvalue weighted by atomic mass is 10.1. The van der Waals surface area contributed by atoms with Gasteiger partial charge in [0.15, 0.2) is 0 Å². The van der Waals surface area contributed by atoms with Gasteiger partial charge in [-0.1, -0.05) is 6.07 Å². The third-order valence-corrected chi connectivity index (χ3v) is 3.47. The van der Waals surface area contributed by atoms with Gasteiger partial charge in [-0.15, -0.1) is 0 Å². The summed E-state index contributed by atoms with van der Waals surface area (Å²) in [5.74, 6) is -1.56. The third-order valence-electron chi connectivity index (χ3n) is 3.47. The van der Waals surface area contributed by atoms with Crippen LogP contribution in [0, 0.1) is 11.6 Å². The molecule has 2 unspecified atom stereocenters. The monoisotopic (exact) mass is 268 g/mol. The van der Waals surface area contributed by atoms with Crippen molar-refractivity contribution >= 4 is 5.91 Å². The van der Waals surface area contributed by atoms with Gasteiger partial charge < -0.3 is 10.2 Å². The van der Waals surface area contributed by atoms with Gasteiger partial charge in [0, 0.05) is 30.7 Å². The maximum Gasteiger partial charge on any atom is 0.227 e. The average Bonchev–Trinajstić information content (AvgIpc) is 2.37. The highest BCUT2D eigenvalue weighted by atomic mass is 19.1. The summed E-state index contributed by atoms with van der Waals surface area (Å²) in [7, 11) is 0. The summed E-state index contributed by atoms with van der Waals surface area (Å²) in [6.07, 6.45) is -0.227. The van der Waals surface area contributed by atoms with Crippen molar-refractivity contribution in [3.63, 3.8) is 0 Å². The summed E-state index contributed by atoms with van der Waals surface area (Å²) in [4.78, 5) is 13.9. The van der Waals surface area contributed by atoms with Gasteiger partial charge in [0.2, 0.25) is 5.91 Å². The summed E-state index contributed by atoms with van der Waals surface area (Å²) in [5, 5.41) is 3.26. The highest BCUT2D eigenvalue weighted by molar-refractivity contribution is 5.79. The molecule has 0 aliphatic carbocycles. The molecule has 1 aromatic carbocycles. The molecule has 0 radical (unpaired) electrons. The number of nitrogens with one attached hydrogen (secondary N) is 1. The largest absolute Gasteiger partial charge is 0.337 e. The average molecular weight is 268 g/mol. The van der Waals surface area contributed by atoms with Gasteiger partial charge in [-0.3, -0.25) is 4.79 Å². The number of nitrogens with zero attached hydrogens (tertiary/aromatic N) is 1. The number of hydrogen-bond donors (Lipinski definition) is 1. The van der Waals surface area contributed by atoms with Crippen LogP contribution in [0.25, 0.3) is 0 Å². The zero-order chi connectivity index (χ0) is 14.0. The number of rotatable bonds is 2. The Hall–Kier alpha value is -1.49. The van der Waals surface area contributed by atoms with Crippen LogP contribution in [-0.4, -0.2) is 36.0 Å². The fourth-order valence-corrected chi connectivity index (χ4v) is 2.32. The maximum atomic E-state index is 13.5. The normalized spacial score (nSPS) is 23.5. The van der Waals surface area contributed by atoms with Crippen LogP contribution in [0.1, 0.15) is 19.4 Å². The first-order valence-corrected chi connectivity index (χ1v) is 6.44. The van der Waals surface area contributed by atoms with Crippen LogP contribution in [0.3, 0.4) is 0 Å². The van der Waals surface area contributed by atoms with Crippen LogP contribution in [0.2, 0.25) is 0 Å². The quantitative estimate of drug-likeness (QED) is 0.885. The molecule has 19 heavy (non-hydrogen) atoms. The topological polar surface area (TPSA) is 32.3 Å². The highest BCUT2D eigenvalue weighted by Crippen LogP contribution is 2.16. The van der Waals surface area contributed by atoms with E-state index in [9.17, 15) is 13.6 Å². The molecule has 0 bridgehead atoms. The van der Waals surface area contributed by atoms with E-state index < -0.39 is 11.6 Å². The number of carbonyl (C=O) groups excluding carboxylic acids is 1. The summed E-state index contributed by atoms with van der Waals surface area (Å²) >= 11 is 0. The van der Waals surface area contributed by atoms with Crippen molar-refractivity contribution in [3.05, 3.63) is 35.4 Å². The van der Waals surface area contributed by atoms with Gasteiger partial charge in [-0.25, -0.2) is 8.78 Å². The Labute approximate surface area is 111 Å². The van der Waals surface area contributed by atoms with Gasteiger partial charge in [-0.2, -0.15) is 0 Å². The molecule has 1 aromatic rings. The van der Waals surface area contributed by atoms with E-state index >= 15 is 0 Å². The molecule has 1 N–H and O–H groups in total. The van der Waals surface area contributed by atoms with Gasteiger partial charge in [0.05, 0.1) is 6.42 Å². The number of amides is 1. The SMILES string of the molecule is CC1CN(C(=O)Cc2c(F)cccc2F)C(C)CN1. The van der Waals surface area contributed by atoms with Crippen LogP contribution in [0.5, 0.6) is 0 Å². The lowest BCUT2D eigenvalue weighted by Crippen LogP contribution is -2.56. The van der Waals surface area contributed by atoms with Crippen LogP contribution in [0.4, 0.5) is 8.78 Å². The highest BCUT2D eigenvalue weighted by Gasteiger charge is 2.27. The Kier molecular flexibility index (Phi) is 4.14. The smallest absolute Gasteiger partial charge is 0.227 e. The lowest BCUT2D eigenvalue weighted by molar-refractivity contribution is -0.134. The zero-order valence-electron chi connectivity index (χ0n) is 11.1. The molecule has 1 aliphatic heterocycles. The molecule has 0 spiro atoms. The molecule has 2 rings (SSSR count). The molecule has 1 saturated heterocycles. The van der Waals surface area contributed by atoms with E-state index in [0.717, 1.165) is 0 Å². The number of halogens is 2. The van der Waals surface area contributed by atoms with Crippen molar-refractivity contribution in [2.75, 3.05) is 13.1 Å². The lowest BCUT2D eigenvalue weighted by Gasteiger charge is -2.37. The van der Waals surface area contributed by atoms with Gasteiger partial charge in [-0.05, 0) is 26.0 Å². The molecular weight excluding hydrogens is 250 g/mol. The Morgan fingerprint density at radius 2 is 2.00 bits per heavy atom. The number of piperazine rings is 1. The standard InChI is InChI=1S/C14H18F2N2O/c1-9-8-18(10(2)7-17-9)14(19)6-11-12(15)4-3-5-13(11)16/h3-5,9-10,17H,6-8H2,1-2H3. The third kappa shape index (κ3) is 3.10. The molecule has 3 nitrogen and oxygen atoms in total. The predicted octanol–water partition coefficient (Wildman–Crippen LogP) is 1.72. The van der Waals surface area contributed by atoms with Gasteiger partial charge in [0.25, 0.3) is 0 Å². The predicted molar refractivity (Wildman–Crippen MR) is 68.7 cm³/mol. The first-order valence-electron chi connectivity index (χ1n) is 6.44. The molecule has 0 saturated carbocycles. The van der Waals surface area contributed by atoms with E-state index in [2.05, 4.69) is 5.32 Å². The van der Waals surface area contributed by atoms with Crippen molar-refractivity contribution in [2.24, 2.45) is 0 Å². The second-order valence-electron chi connectivity index (χ2n) is 5.08. The van der Waals surface area contributed by atoms with Gasteiger partial charge >= 0.3 is 0 Å². The molecule has 2 atom stereocenters. The van der Waals surface area contributed by atoms with E-state index in [-0.39, 0.29) is 30.0 Å². The minimum absolute atomic E-state index is 0.0403. The molecule has 104 valence electrons. The molecule has 5 heteroatoms. The molecule has 1 fully saturated rings. The van der Waals surface area contributed by atoms with E-state index in [1.807, 2.05) is 13.8 Å². The van der Waals surface area contributed by atoms with Crippen molar-refractivity contribution in [1.82, 2.24) is 10.2 Å². The second kappa shape index (κ2) is 5.65. The molecule has 1 amide bonds. The first-order chi connectivity index (χ1) is 8.99. The minimum atomic E-state index is -0.663. The number of benzene rings is 1. The Morgan fingerprint density at radius 1 is 1.37 bits per heavy atom. The van der Waals surface area contributed by atoms with Crippen molar-refractivity contribution in [3.8, 4) is 0 Å². The maximum absolute atomic E-state index is 13.5. The second-order valence-corrected chi connectivity index (χ2v) is 5.08. The fourth-order valence-electron chi connectivity index (χ4n) is 2.32. The molecule has 1 heterocycles. The molecular formula is C14H18F2N2O. The van der Waals surface area contributed by atoms with E-state index in [1.165, 1.54) is 18.2 Å². The minimum Gasteiger partial charge on any atom is -0.337 e. The summed E-state index contributed by atoms with van der Waals surface area (Å²) < 4.78 is 27.1. The summed E-state index contributed by atoms with van der Waals surface area (Å²) in [6.45, 7) is 5.17. The Balaban J connectivity index is 2.12. The Bertz CT molecular complexity index is 458. The van der Waals surface area contributed by atoms with Gasteiger partial charge in [0.1, 0.15) is 11.6 Å². The van der Waals surface area contributed by atoms with Crippen LogP contribution in [-0.2, 0) is 11.2 Å². The van der Waals surface area contributed by atoms with Crippen molar-refractivity contribution in [2.45, 2.75) is 32.4 Å². The number of hydrogen-bond acceptors (Lipinski definition) is 2. The number of carbonyl (C=O) groups is 1. The van der Waals surface area contributed by atoms with Crippen LogP contribution in [0.15, 0.2) is 18.2 Å². The van der Waals surface area contributed by atoms with Crippen LogP contribution >= 0.6 is 0 Å². The fraction of sp³-hybridized carbons (Fsp3) is 0.500.